The molecule has 4 nitrogen and oxygen atoms in total. The van der Waals surface area contributed by atoms with Crippen molar-refractivity contribution < 1.29 is 76.1 Å². The van der Waals surface area contributed by atoms with E-state index in [1.165, 1.54) is 6.07 Å². The molecule has 42 heavy (non-hydrogen) atoms. The first-order valence-corrected chi connectivity index (χ1v) is 11.4. The Hall–Kier alpha value is -3.31. The van der Waals surface area contributed by atoms with E-state index in [1.807, 2.05) is 0 Å². The molecular formula is C24H14BrF13O4. The molecule has 0 aliphatic rings. The minimum absolute atomic E-state index is 0.0214. The van der Waals surface area contributed by atoms with Gasteiger partial charge in [-0.3, -0.25) is 0 Å². The molecule has 2 rings (SSSR count). The molecule has 0 saturated heterocycles. The van der Waals surface area contributed by atoms with E-state index in [0.29, 0.717) is 0 Å². The van der Waals surface area contributed by atoms with Gasteiger partial charge in [-0.1, -0.05) is 22.0 Å². The van der Waals surface area contributed by atoms with Crippen molar-refractivity contribution in [2.75, 3.05) is 14.2 Å². The molecule has 0 saturated carbocycles. The van der Waals surface area contributed by atoms with Gasteiger partial charge in [0.2, 0.25) is 0 Å². The maximum absolute atomic E-state index is 14.2. The molecule has 0 bridgehead atoms. The number of hydrogen-bond acceptors (Lipinski definition) is 4. The minimum Gasteiger partial charge on any atom is -0.465 e. The lowest BCUT2D eigenvalue weighted by Gasteiger charge is -2.39. The van der Waals surface area contributed by atoms with Crippen molar-refractivity contribution in [1.82, 2.24) is 0 Å². The van der Waals surface area contributed by atoms with E-state index in [4.69, 9.17) is 0 Å². The fourth-order valence-corrected chi connectivity index (χ4v) is 3.74. The second-order valence-corrected chi connectivity index (χ2v) is 9.22. The molecule has 0 heterocycles. The van der Waals surface area contributed by atoms with Gasteiger partial charge in [0.15, 0.2) is 0 Å². The number of allylic oxidation sites excluding steroid dienone is 1. The number of rotatable bonds is 9. The maximum Gasteiger partial charge on any atom is 0.460 e. The number of carbonyl (C=O) groups excluding carboxylic acids is 2. The molecule has 18 heteroatoms. The molecule has 2 aromatic rings. The molecule has 0 amide bonds. The lowest BCUT2D eigenvalue weighted by atomic mass is 9.93. The Balaban J connectivity index is 2.60. The Morgan fingerprint density at radius 3 is 1.48 bits per heavy atom. The summed E-state index contributed by atoms with van der Waals surface area (Å²) < 4.78 is 183. The van der Waals surface area contributed by atoms with Crippen LogP contribution in [0.3, 0.4) is 0 Å². The van der Waals surface area contributed by atoms with Crippen LogP contribution in [0.15, 0.2) is 46.9 Å². The summed E-state index contributed by atoms with van der Waals surface area (Å²) in [6.45, 7) is 0. The highest BCUT2D eigenvalue weighted by Crippen LogP contribution is 2.60. The molecule has 0 aliphatic heterocycles. The predicted octanol–water partition coefficient (Wildman–Crippen LogP) is 8.44. The molecule has 0 aliphatic carbocycles. The Morgan fingerprint density at radius 1 is 0.619 bits per heavy atom. The number of ether oxygens (including phenoxy) is 2. The standard InChI is InChI=1S/C24H14BrF13O4/c1-41-17(39)14-7-13(8-15(9-14)18(40)42-2)12-5-11(6-16(25)10-12)3-4-19(26,27)20(28,29)21(30,31)22(32,33)23(34,35)24(36,37)38/h3-10H,1-2H3/b4-3+. The average Bonchev–Trinajstić information content (AvgIpc) is 2.89. The SMILES string of the molecule is COC(=O)c1cc(C(=O)OC)cc(-c2cc(Br)cc(/C=C/C(F)(F)C(F)(F)C(F)(F)C(F)(F)C(F)(F)C(F)(F)F)c2)c1. The van der Waals surface area contributed by atoms with E-state index in [9.17, 15) is 66.7 Å². The van der Waals surface area contributed by atoms with Crippen molar-refractivity contribution in [3.8, 4) is 11.1 Å². The van der Waals surface area contributed by atoms with E-state index in [0.717, 1.165) is 44.6 Å². The molecule has 0 radical (unpaired) electrons. The Kier molecular flexibility index (Phi) is 9.48. The largest absolute Gasteiger partial charge is 0.465 e. The molecular weight excluding hydrogens is 679 g/mol. The Bertz CT molecular complexity index is 1350. The zero-order valence-electron chi connectivity index (χ0n) is 20.5. The molecule has 0 atom stereocenters. The number of halogens is 14. The van der Waals surface area contributed by atoms with Gasteiger partial charge in [0, 0.05) is 4.47 Å². The van der Waals surface area contributed by atoms with Gasteiger partial charge in [-0.05, 0) is 59.2 Å². The van der Waals surface area contributed by atoms with Crippen molar-refractivity contribution in [2.45, 2.75) is 35.8 Å². The Morgan fingerprint density at radius 2 is 1.05 bits per heavy atom. The second kappa shape index (κ2) is 11.4. The van der Waals surface area contributed by atoms with E-state index in [2.05, 4.69) is 25.4 Å². The highest BCUT2D eigenvalue weighted by molar-refractivity contribution is 9.10. The fourth-order valence-electron chi connectivity index (χ4n) is 3.23. The van der Waals surface area contributed by atoms with Crippen molar-refractivity contribution in [1.29, 1.82) is 0 Å². The van der Waals surface area contributed by atoms with Gasteiger partial charge in [-0.25, -0.2) is 9.59 Å². The molecule has 0 aromatic heterocycles. The van der Waals surface area contributed by atoms with Crippen molar-refractivity contribution >= 4 is 33.9 Å². The molecule has 0 N–H and O–H groups in total. The van der Waals surface area contributed by atoms with E-state index in [1.54, 1.807) is 0 Å². The summed E-state index contributed by atoms with van der Waals surface area (Å²) in [5.41, 5.74) is -1.09. The smallest absolute Gasteiger partial charge is 0.460 e. The summed E-state index contributed by atoms with van der Waals surface area (Å²) in [6, 6.07) is 6.32. The number of hydrogen-bond donors (Lipinski definition) is 0. The van der Waals surface area contributed by atoms with Gasteiger partial charge in [-0.15, -0.1) is 0 Å². The van der Waals surface area contributed by atoms with Crippen LogP contribution in [0.4, 0.5) is 57.1 Å². The zero-order valence-corrected chi connectivity index (χ0v) is 22.1. The topological polar surface area (TPSA) is 52.6 Å². The third-order valence-electron chi connectivity index (χ3n) is 5.47. The van der Waals surface area contributed by atoms with Crippen LogP contribution in [0.1, 0.15) is 26.3 Å². The first kappa shape index (κ1) is 34.9. The minimum atomic E-state index is -8.01. The lowest BCUT2D eigenvalue weighted by Crippen LogP contribution is -2.69. The van der Waals surface area contributed by atoms with E-state index < -0.39 is 59.4 Å². The van der Waals surface area contributed by atoms with Crippen LogP contribution in [0.2, 0.25) is 0 Å². The fraction of sp³-hybridized carbons (Fsp3) is 0.333. The first-order valence-electron chi connectivity index (χ1n) is 10.7. The molecule has 0 unspecified atom stereocenters. The summed E-state index contributed by atoms with van der Waals surface area (Å²) >= 11 is 2.93. The van der Waals surface area contributed by atoms with Crippen LogP contribution in [-0.4, -0.2) is 61.9 Å². The summed E-state index contributed by atoms with van der Waals surface area (Å²) in [6.07, 6.45) is -8.64. The average molecular weight is 693 g/mol. The lowest BCUT2D eigenvalue weighted by molar-refractivity contribution is -0.436. The molecule has 232 valence electrons. The van der Waals surface area contributed by atoms with Crippen LogP contribution >= 0.6 is 15.9 Å². The van der Waals surface area contributed by atoms with Gasteiger partial charge in [0.25, 0.3) is 0 Å². The Labute approximate surface area is 235 Å². The van der Waals surface area contributed by atoms with Crippen molar-refractivity contribution in [2.24, 2.45) is 0 Å². The maximum atomic E-state index is 14.2. The molecule has 2 aromatic carbocycles. The van der Waals surface area contributed by atoms with E-state index >= 15 is 0 Å². The third-order valence-corrected chi connectivity index (χ3v) is 5.93. The summed E-state index contributed by atoms with van der Waals surface area (Å²) in [7, 11) is 1.99. The number of methoxy groups -OCH3 is 2. The monoisotopic (exact) mass is 692 g/mol. The van der Waals surface area contributed by atoms with Gasteiger partial charge in [-0.2, -0.15) is 57.1 Å². The highest BCUT2D eigenvalue weighted by Gasteiger charge is 2.90. The summed E-state index contributed by atoms with van der Waals surface area (Å²) in [4.78, 5) is 24.0. The number of esters is 2. The molecule has 0 fully saturated rings. The highest BCUT2D eigenvalue weighted by atomic mass is 79.9. The second-order valence-electron chi connectivity index (χ2n) is 8.31. The van der Waals surface area contributed by atoms with E-state index in [-0.39, 0.29) is 32.8 Å². The quantitative estimate of drug-likeness (QED) is 0.196. The van der Waals surface area contributed by atoms with Crippen LogP contribution in [0.25, 0.3) is 17.2 Å². The number of alkyl halides is 13. The first-order chi connectivity index (χ1) is 18.9. The van der Waals surface area contributed by atoms with Gasteiger partial charge in [0.05, 0.1) is 25.3 Å². The third kappa shape index (κ3) is 6.08. The zero-order chi connectivity index (χ0) is 32.7. The normalized spacial score (nSPS) is 13.8. The predicted molar refractivity (Wildman–Crippen MR) is 122 cm³/mol. The molecule has 0 spiro atoms. The van der Waals surface area contributed by atoms with Gasteiger partial charge >= 0.3 is 47.7 Å². The van der Waals surface area contributed by atoms with Crippen molar-refractivity contribution in [3.05, 3.63) is 63.6 Å². The van der Waals surface area contributed by atoms with Gasteiger partial charge < -0.3 is 9.47 Å². The summed E-state index contributed by atoms with van der Waals surface area (Å²) in [5.74, 6) is -39.6. The number of benzene rings is 2. The number of carbonyl (C=O) groups is 2. The van der Waals surface area contributed by atoms with Crippen molar-refractivity contribution in [3.63, 3.8) is 0 Å². The summed E-state index contributed by atoms with van der Waals surface area (Å²) in [5, 5.41) is 0. The van der Waals surface area contributed by atoms with Crippen LogP contribution < -0.4 is 0 Å². The van der Waals surface area contributed by atoms with Crippen LogP contribution in [-0.2, 0) is 9.47 Å². The van der Waals surface area contributed by atoms with Crippen LogP contribution in [0, 0.1) is 0 Å². The van der Waals surface area contributed by atoms with Gasteiger partial charge in [0.1, 0.15) is 0 Å². The van der Waals surface area contributed by atoms with Crippen LogP contribution in [0.5, 0.6) is 0 Å².